The van der Waals surface area contributed by atoms with E-state index in [1.807, 2.05) is 6.08 Å². The molecule has 1 saturated carbocycles. The van der Waals surface area contributed by atoms with Gasteiger partial charge in [0.2, 0.25) is 23.6 Å². The topological polar surface area (TPSA) is 138 Å². The lowest BCUT2D eigenvalue weighted by Crippen LogP contribution is -2.49. The number of amides is 4. The van der Waals surface area contributed by atoms with E-state index in [4.69, 9.17) is 11.6 Å². The zero-order valence-electron chi connectivity index (χ0n) is 25.6. The summed E-state index contributed by atoms with van der Waals surface area (Å²) in [6.07, 6.45) is 2.18. The third-order valence-electron chi connectivity index (χ3n) is 10.6. The van der Waals surface area contributed by atoms with Crippen molar-refractivity contribution < 1.29 is 33.6 Å². The minimum atomic E-state index is -1.34. The fraction of sp³-hybridized carbons (Fsp3) is 0.314. The largest absolute Gasteiger partial charge is 0.507 e. The number of nitro groups is 1. The van der Waals surface area contributed by atoms with Crippen LogP contribution in [-0.4, -0.2) is 33.7 Å². The number of allylic oxidation sites excluding steroid dienone is 2. The van der Waals surface area contributed by atoms with Crippen LogP contribution < -0.4 is 9.80 Å². The van der Waals surface area contributed by atoms with Crippen molar-refractivity contribution in [2.24, 2.45) is 29.1 Å². The Morgan fingerprint density at radius 3 is 2.28 bits per heavy atom. The van der Waals surface area contributed by atoms with Gasteiger partial charge in [0, 0.05) is 18.1 Å². The molecule has 10 nitrogen and oxygen atoms in total. The molecule has 2 saturated heterocycles. The van der Waals surface area contributed by atoms with E-state index in [1.165, 1.54) is 36.4 Å². The van der Waals surface area contributed by atoms with Gasteiger partial charge in [-0.15, -0.1) is 0 Å². The number of nitrogens with zero attached hydrogens (tertiary/aromatic N) is 3. The number of phenols is 1. The summed E-state index contributed by atoms with van der Waals surface area (Å²) in [5.41, 5.74) is 1.17. The fourth-order valence-corrected chi connectivity index (χ4v) is 8.60. The molecule has 6 unspecified atom stereocenters. The molecule has 4 amide bonds. The van der Waals surface area contributed by atoms with Gasteiger partial charge < -0.3 is 5.11 Å². The molecule has 6 atom stereocenters. The lowest BCUT2D eigenvalue weighted by atomic mass is 9.51. The molecular formula is C35H29ClFN3O7. The molecule has 2 aliphatic heterocycles. The van der Waals surface area contributed by atoms with Crippen LogP contribution in [0.5, 0.6) is 5.75 Å². The zero-order valence-corrected chi connectivity index (χ0v) is 26.3. The van der Waals surface area contributed by atoms with Crippen molar-refractivity contribution in [1.29, 1.82) is 0 Å². The number of anilines is 2. The molecule has 3 aromatic carbocycles. The highest BCUT2D eigenvalue weighted by molar-refractivity contribution is 6.32. The number of non-ortho nitro benzene ring substituents is 1. The number of hydrogen-bond donors (Lipinski definition) is 1. The number of phenolic OH excluding ortho intramolecular Hbond substituents is 1. The molecule has 1 N–H and O–H groups in total. The zero-order chi connectivity index (χ0) is 33.7. The Balaban J connectivity index is 1.37. The predicted octanol–water partition coefficient (Wildman–Crippen LogP) is 6.15. The smallest absolute Gasteiger partial charge is 0.271 e. The van der Waals surface area contributed by atoms with Crippen molar-refractivity contribution in [3.05, 3.63) is 104 Å². The van der Waals surface area contributed by atoms with Crippen LogP contribution in [0, 0.1) is 58.9 Å². The lowest BCUT2D eigenvalue weighted by Gasteiger charge is -2.49. The molecule has 47 heavy (non-hydrogen) atoms. The monoisotopic (exact) mass is 657 g/mol. The number of carbonyl (C=O) groups excluding carboxylic acids is 4. The van der Waals surface area contributed by atoms with Gasteiger partial charge in [0.1, 0.15) is 11.6 Å². The second-order valence-electron chi connectivity index (χ2n) is 13.1. The minimum Gasteiger partial charge on any atom is -0.507 e. The Hall–Kier alpha value is -4.90. The molecule has 2 heterocycles. The fourth-order valence-electron chi connectivity index (χ4n) is 8.42. The van der Waals surface area contributed by atoms with Crippen LogP contribution in [0.15, 0.2) is 66.2 Å². The maximum atomic E-state index is 14.5. The summed E-state index contributed by atoms with van der Waals surface area (Å²) in [5, 5.41) is 21.8. The molecule has 0 radical (unpaired) electrons. The average molecular weight is 658 g/mol. The Kier molecular flexibility index (Phi) is 6.91. The van der Waals surface area contributed by atoms with Crippen LogP contribution in [0.3, 0.4) is 0 Å². The van der Waals surface area contributed by atoms with Crippen molar-refractivity contribution in [3.8, 4) is 5.75 Å². The normalized spacial score (nSPS) is 28.3. The third-order valence-corrected chi connectivity index (χ3v) is 10.9. The number of aryl methyl sites for hydroxylation is 2. The van der Waals surface area contributed by atoms with Crippen LogP contribution in [-0.2, 0) is 19.2 Å². The summed E-state index contributed by atoms with van der Waals surface area (Å²) < 4.78 is 14.1. The first-order chi connectivity index (χ1) is 22.2. The van der Waals surface area contributed by atoms with Gasteiger partial charge in [0.15, 0.2) is 0 Å². The summed E-state index contributed by atoms with van der Waals surface area (Å²) in [4.78, 5) is 69.8. The Morgan fingerprint density at radius 2 is 1.62 bits per heavy atom. The number of nitro benzene ring substituents is 1. The SMILES string of the molecule is Cc1cc(C2C3=CCC4C(=O)N(c5cccc([N+](=O)[O-])c5)C(=O)C4C3CC3C(=O)N(c4ccc(F)c(Cl)c4)C(=O)C32C)cc(C)c1O. The number of carbonyl (C=O) groups is 4. The molecule has 4 aliphatic rings. The van der Waals surface area contributed by atoms with Gasteiger partial charge in [-0.2, -0.15) is 0 Å². The number of hydrogen-bond acceptors (Lipinski definition) is 7. The van der Waals surface area contributed by atoms with Gasteiger partial charge in [0.25, 0.3) is 5.69 Å². The van der Waals surface area contributed by atoms with E-state index < -0.39 is 69.4 Å². The average Bonchev–Trinajstić information content (AvgIpc) is 3.40. The van der Waals surface area contributed by atoms with E-state index in [1.54, 1.807) is 32.9 Å². The summed E-state index contributed by atoms with van der Waals surface area (Å²) in [6, 6.07) is 12.5. The number of aromatic hydroxyl groups is 1. The molecule has 240 valence electrons. The Morgan fingerprint density at radius 1 is 0.936 bits per heavy atom. The molecular weight excluding hydrogens is 629 g/mol. The molecule has 12 heteroatoms. The summed E-state index contributed by atoms with van der Waals surface area (Å²) >= 11 is 6.06. The first kappa shape index (κ1) is 30.7. The summed E-state index contributed by atoms with van der Waals surface area (Å²) in [6.45, 7) is 5.20. The van der Waals surface area contributed by atoms with Gasteiger partial charge in [-0.25, -0.2) is 14.2 Å². The molecule has 2 aliphatic carbocycles. The highest BCUT2D eigenvalue weighted by Crippen LogP contribution is 2.64. The van der Waals surface area contributed by atoms with Crippen LogP contribution in [0.25, 0.3) is 0 Å². The number of imide groups is 2. The van der Waals surface area contributed by atoms with Crippen molar-refractivity contribution >= 4 is 52.3 Å². The maximum Gasteiger partial charge on any atom is 0.271 e. The quantitative estimate of drug-likeness (QED) is 0.154. The van der Waals surface area contributed by atoms with Gasteiger partial charge in [-0.3, -0.25) is 29.3 Å². The van der Waals surface area contributed by atoms with Crippen LogP contribution in [0.4, 0.5) is 21.5 Å². The highest BCUT2D eigenvalue weighted by atomic mass is 35.5. The predicted molar refractivity (Wildman–Crippen MR) is 169 cm³/mol. The molecule has 0 spiro atoms. The number of halogens is 2. The van der Waals surface area contributed by atoms with E-state index in [2.05, 4.69) is 0 Å². The Bertz CT molecular complexity index is 1970. The molecule has 0 aromatic heterocycles. The maximum absolute atomic E-state index is 14.5. The van der Waals surface area contributed by atoms with Gasteiger partial charge in [0.05, 0.1) is 44.5 Å². The molecule has 3 aromatic rings. The first-order valence-electron chi connectivity index (χ1n) is 15.2. The first-order valence-corrected chi connectivity index (χ1v) is 15.6. The van der Waals surface area contributed by atoms with E-state index >= 15 is 0 Å². The second kappa shape index (κ2) is 10.6. The molecule has 7 rings (SSSR count). The number of fused-ring (bicyclic) bond motifs is 4. The van der Waals surface area contributed by atoms with Gasteiger partial charge >= 0.3 is 0 Å². The summed E-state index contributed by atoms with van der Waals surface area (Å²) in [7, 11) is 0. The molecule has 0 bridgehead atoms. The minimum absolute atomic E-state index is 0.0911. The Labute approximate surface area is 273 Å². The van der Waals surface area contributed by atoms with Crippen LogP contribution in [0.2, 0.25) is 5.02 Å². The highest BCUT2D eigenvalue weighted by Gasteiger charge is 2.67. The van der Waals surface area contributed by atoms with E-state index in [0.717, 1.165) is 21.4 Å². The van der Waals surface area contributed by atoms with Gasteiger partial charge in [-0.05, 0) is 80.5 Å². The lowest BCUT2D eigenvalue weighted by molar-refractivity contribution is -0.384. The van der Waals surface area contributed by atoms with Crippen molar-refractivity contribution in [1.82, 2.24) is 0 Å². The van der Waals surface area contributed by atoms with E-state index in [0.29, 0.717) is 16.7 Å². The van der Waals surface area contributed by atoms with Crippen LogP contribution >= 0.6 is 11.6 Å². The van der Waals surface area contributed by atoms with Crippen molar-refractivity contribution in [3.63, 3.8) is 0 Å². The third kappa shape index (κ3) is 4.28. The van der Waals surface area contributed by atoms with Gasteiger partial charge in [-0.1, -0.05) is 41.4 Å². The van der Waals surface area contributed by atoms with Crippen LogP contribution in [0.1, 0.15) is 42.4 Å². The second-order valence-corrected chi connectivity index (χ2v) is 13.5. The van der Waals surface area contributed by atoms with E-state index in [-0.39, 0.29) is 40.7 Å². The summed E-state index contributed by atoms with van der Waals surface area (Å²) in [5.74, 6) is -6.50. The number of rotatable bonds is 4. The van der Waals surface area contributed by atoms with Crippen molar-refractivity contribution in [2.75, 3.05) is 9.80 Å². The standard InChI is InChI=1S/C35H29ClFN3O7/c1-16-11-18(12-17(2)30(16)41)29-22-8-9-23-28(33(44)38(31(23)42)19-5-4-6-21(13-19)40(46)47)24(22)15-25-32(43)39(34(45)35(25,29)3)20-7-10-27(37)26(36)14-20/h4-8,10-14,23-25,28-29,41H,9,15H2,1-3H3. The van der Waals surface area contributed by atoms with E-state index in [9.17, 15) is 38.8 Å². The van der Waals surface area contributed by atoms with Crippen molar-refractivity contribution in [2.45, 2.75) is 39.5 Å². The number of benzene rings is 3. The molecule has 3 fully saturated rings.